The minimum absolute atomic E-state index is 0.0892. The van der Waals surface area contributed by atoms with Crippen LogP contribution in [-0.2, 0) is 11.2 Å². The van der Waals surface area contributed by atoms with Gasteiger partial charge in [-0.1, -0.05) is 23.4 Å². The SMILES string of the molecule is Cc1csc(Sc2ccc(NC(=O)CCc3c(C)[nH]c(=O)c(C#N)c3C)cc2Cl)n1. The number of aromatic amines is 1. The Kier molecular flexibility index (Phi) is 6.98. The molecule has 3 rings (SSSR count). The van der Waals surface area contributed by atoms with E-state index < -0.39 is 5.56 Å². The van der Waals surface area contributed by atoms with Crippen molar-refractivity contribution in [3.63, 3.8) is 0 Å². The summed E-state index contributed by atoms with van der Waals surface area (Å²) in [6, 6.07) is 7.30. The van der Waals surface area contributed by atoms with E-state index in [1.807, 2.05) is 24.4 Å². The molecule has 0 saturated carbocycles. The van der Waals surface area contributed by atoms with Gasteiger partial charge in [-0.15, -0.1) is 11.3 Å². The molecule has 2 heterocycles. The van der Waals surface area contributed by atoms with E-state index in [0.717, 1.165) is 20.5 Å². The monoisotopic (exact) mass is 458 g/mol. The molecule has 0 bridgehead atoms. The number of anilines is 1. The molecule has 9 heteroatoms. The van der Waals surface area contributed by atoms with Crippen LogP contribution in [0.1, 0.15) is 34.5 Å². The van der Waals surface area contributed by atoms with Crippen molar-refractivity contribution in [1.29, 1.82) is 5.26 Å². The Bertz CT molecular complexity index is 1210. The normalized spacial score (nSPS) is 10.6. The van der Waals surface area contributed by atoms with Gasteiger partial charge in [-0.3, -0.25) is 9.59 Å². The molecule has 0 atom stereocenters. The van der Waals surface area contributed by atoms with Crippen LogP contribution in [0.15, 0.2) is 37.6 Å². The largest absolute Gasteiger partial charge is 0.326 e. The molecule has 6 nitrogen and oxygen atoms in total. The van der Waals surface area contributed by atoms with Crippen molar-refractivity contribution in [3.8, 4) is 6.07 Å². The zero-order valence-electron chi connectivity index (χ0n) is 16.6. The highest BCUT2D eigenvalue weighted by Gasteiger charge is 2.14. The van der Waals surface area contributed by atoms with Gasteiger partial charge in [-0.2, -0.15) is 5.26 Å². The van der Waals surface area contributed by atoms with Crippen LogP contribution in [0.3, 0.4) is 0 Å². The number of H-pyrrole nitrogens is 1. The van der Waals surface area contributed by atoms with Gasteiger partial charge in [0.15, 0.2) is 4.34 Å². The third-order valence-corrected chi connectivity index (χ3v) is 7.09. The van der Waals surface area contributed by atoms with Gasteiger partial charge >= 0.3 is 0 Å². The smallest absolute Gasteiger partial charge is 0.266 e. The van der Waals surface area contributed by atoms with E-state index in [-0.39, 0.29) is 17.9 Å². The minimum Gasteiger partial charge on any atom is -0.326 e. The Morgan fingerprint density at radius 1 is 1.37 bits per heavy atom. The van der Waals surface area contributed by atoms with Gasteiger partial charge < -0.3 is 10.3 Å². The number of nitrogens with one attached hydrogen (secondary N) is 2. The molecule has 0 aliphatic heterocycles. The molecule has 1 aromatic carbocycles. The highest BCUT2D eigenvalue weighted by atomic mass is 35.5. The van der Waals surface area contributed by atoms with Gasteiger partial charge in [0.25, 0.3) is 5.56 Å². The number of amides is 1. The van der Waals surface area contributed by atoms with Gasteiger partial charge in [0.1, 0.15) is 11.6 Å². The summed E-state index contributed by atoms with van der Waals surface area (Å²) in [5.74, 6) is -0.175. The molecule has 0 fully saturated rings. The van der Waals surface area contributed by atoms with Gasteiger partial charge in [0, 0.05) is 33.8 Å². The van der Waals surface area contributed by atoms with E-state index in [1.54, 1.807) is 37.3 Å². The fourth-order valence-electron chi connectivity index (χ4n) is 3.02. The molecule has 0 saturated heterocycles. The first kappa shape index (κ1) is 22.1. The molecule has 0 spiro atoms. The Balaban J connectivity index is 1.65. The maximum absolute atomic E-state index is 12.4. The number of hydrogen-bond donors (Lipinski definition) is 2. The number of rotatable bonds is 6. The van der Waals surface area contributed by atoms with Gasteiger partial charge in [0.05, 0.1) is 5.02 Å². The van der Waals surface area contributed by atoms with E-state index in [1.165, 1.54) is 11.8 Å². The lowest BCUT2D eigenvalue weighted by molar-refractivity contribution is -0.116. The van der Waals surface area contributed by atoms with E-state index >= 15 is 0 Å². The van der Waals surface area contributed by atoms with Crippen LogP contribution in [0.25, 0.3) is 0 Å². The van der Waals surface area contributed by atoms with E-state index in [9.17, 15) is 9.59 Å². The van der Waals surface area contributed by atoms with Crippen LogP contribution in [0.4, 0.5) is 5.69 Å². The molecule has 0 aliphatic carbocycles. The molecule has 0 radical (unpaired) electrons. The second-order valence-corrected chi connectivity index (χ2v) is 9.27. The molecule has 3 aromatic rings. The Hall–Kier alpha value is -2.60. The first-order valence-corrected chi connectivity index (χ1v) is 11.2. The number of pyridine rings is 1. The first-order valence-electron chi connectivity index (χ1n) is 9.10. The first-order chi connectivity index (χ1) is 14.3. The molecule has 0 unspecified atom stereocenters. The summed E-state index contributed by atoms with van der Waals surface area (Å²) in [5.41, 5.74) is 3.37. The van der Waals surface area contributed by atoms with Crippen molar-refractivity contribution < 1.29 is 4.79 Å². The van der Waals surface area contributed by atoms with Gasteiger partial charge in [-0.05, 0) is 56.5 Å². The number of halogens is 1. The number of nitriles is 1. The minimum atomic E-state index is -0.402. The quantitative estimate of drug-likeness (QED) is 0.541. The molecular formula is C21H19ClN4O2S2. The standard InChI is InChI=1S/C21H19ClN4O2S2/c1-11-10-29-21(24-11)30-18-6-4-14(8-17(18)22)26-19(27)7-5-15-12(2)16(9-23)20(28)25-13(15)3/h4,6,8,10H,5,7H2,1-3H3,(H,25,28)(H,26,27). The predicted octanol–water partition coefficient (Wildman–Crippen LogP) is 5.00. The lowest BCUT2D eigenvalue weighted by Crippen LogP contribution is -2.18. The second kappa shape index (κ2) is 9.47. The van der Waals surface area contributed by atoms with E-state index in [2.05, 4.69) is 15.3 Å². The molecule has 2 N–H and O–H groups in total. The van der Waals surface area contributed by atoms with Crippen molar-refractivity contribution >= 4 is 46.3 Å². The van der Waals surface area contributed by atoms with Gasteiger partial charge in [-0.25, -0.2) is 4.98 Å². The molecule has 154 valence electrons. The summed E-state index contributed by atoms with van der Waals surface area (Å²) in [4.78, 5) is 32.2. The summed E-state index contributed by atoms with van der Waals surface area (Å²) in [7, 11) is 0. The zero-order chi connectivity index (χ0) is 21.8. The summed E-state index contributed by atoms with van der Waals surface area (Å²) >= 11 is 9.42. The van der Waals surface area contributed by atoms with Crippen LogP contribution in [-0.4, -0.2) is 15.9 Å². The number of aryl methyl sites for hydroxylation is 2. The number of thiazole rings is 1. The zero-order valence-corrected chi connectivity index (χ0v) is 19.0. The van der Waals surface area contributed by atoms with E-state index in [0.29, 0.717) is 28.4 Å². The molecular weight excluding hydrogens is 440 g/mol. The van der Waals surface area contributed by atoms with E-state index in [4.69, 9.17) is 16.9 Å². The lowest BCUT2D eigenvalue weighted by atomic mass is 9.99. The maximum Gasteiger partial charge on any atom is 0.266 e. The Morgan fingerprint density at radius 2 is 2.13 bits per heavy atom. The number of carbonyl (C=O) groups is 1. The van der Waals surface area contributed by atoms with Crippen LogP contribution in [0.2, 0.25) is 5.02 Å². The number of aromatic nitrogens is 2. The topological polar surface area (TPSA) is 98.6 Å². The summed E-state index contributed by atoms with van der Waals surface area (Å²) in [6.07, 6.45) is 0.630. The molecule has 30 heavy (non-hydrogen) atoms. The second-order valence-electron chi connectivity index (χ2n) is 6.72. The summed E-state index contributed by atoms with van der Waals surface area (Å²) in [6.45, 7) is 5.44. The van der Waals surface area contributed by atoms with Crippen LogP contribution in [0.5, 0.6) is 0 Å². The highest BCUT2D eigenvalue weighted by molar-refractivity contribution is 8.01. The third kappa shape index (κ3) is 5.11. The fraction of sp³-hybridized carbons (Fsp3) is 0.238. The average Bonchev–Trinajstić information content (AvgIpc) is 3.08. The van der Waals surface area contributed by atoms with Crippen molar-refractivity contribution in [2.24, 2.45) is 0 Å². The number of benzene rings is 1. The van der Waals surface area contributed by atoms with Crippen LogP contribution < -0.4 is 10.9 Å². The number of carbonyl (C=O) groups excluding carboxylic acids is 1. The predicted molar refractivity (Wildman–Crippen MR) is 121 cm³/mol. The van der Waals surface area contributed by atoms with Crippen molar-refractivity contribution in [2.45, 2.75) is 42.8 Å². The molecule has 1 amide bonds. The number of hydrogen-bond acceptors (Lipinski definition) is 6. The van der Waals surface area contributed by atoms with Crippen molar-refractivity contribution in [1.82, 2.24) is 9.97 Å². The Morgan fingerprint density at radius 3 is 2.77 bits per heavy atom. The van der Waals surface area contributed by atoms with Crippen molar-refractivity contribution in [2.75, 3.05) is 5.32 Å². The fourth-order valence-corrected chi connectivity index (χ4v) is 5.11. The Labute approximate surface area is 187 Å². The number of nitrogens with zero attached hydrogens (tertiary/aromatic N) is 2. The van der Waals surface area contributed by atoms with Crippen LogP contribution in [0, 0.1) is 32.1 Å². The maximum atomic E-state index is 12.4. The molecule has 0 aliphatic rings. The highest BCUT2D eigenvalue weighted by Crippen LogP contribution is 2.36. The third-order valence-electron chi connectivity index (χ3n) is 4.53. The average molecular weight is 459 g/mol. The van der Waals surface area contributed by atoms with Gasteiger partial charge in [0.2, 0.25) is 5.91 Å². The molecule has 2 aromatic heterocycles. The lowest BCUT2D eigenvalue weighted by Gasteiger charge is -2.11. The summed E-state index contributed by atoms with van der Waals surface area (Å²) < 4.78 is 0.912. The van der Waals surface area contributed by atoms with Crippen molar-refractivity contribution in [3.05, 3.63) is 67.0 Å². The van der Waals surface area contributed by atoms with Crippen LogP contribution >= 0.6 is 34.7 Å². The summed E-state index contributed by atoms with van der Waals surface area (Å²) in [5, 5.41) is 14.5.